The maximum absolute atomic E-state index is 14.5. The van der Waals surface area contributed by atoms with Gasteiger partial charge in [0.15, 0.2) is 11.6 Å². The molecule has 7 nitrogen and oxygen atoms in total. The molecule has 0 unspecified atom stereocenters. The molecule has 1 spiro atoms. The average Bonchev–Trinajstić information content (AvgIpc) is 3.33. The first-order valence-corrected chi connectivity index (χ1v) is 10.6. The Kier molecular flexibility index (Phi) is 6.06. The summed E-state index contributed by atoms with van der Waals surface area (Å²) in [4.78, 5) is 19.6. The normalized spacial score (nSPS) is 18.5. The van der Waals surface area contributed by atoms with E-state index in [1.807, 2.05) is 24.0 Å². The topological polar surface area (TPSA) is 66.1 Å². The monoisotopic (exact) mass is 415 g/mol. The van der Waals surface area contributed by atoms with E-state index in [-0.39, 0.29) is 5.82 Å². The SMILES string of the molecule is CCCc1ccc(CN(Cc2coc(C)n2)C2=NC3(CCN(C)CC3)ON2)cc1F. The molecule has 8 heteroatoms. The third-order valence-electron chi connectivity index (χ3n) is 5.74. The van der Waals surface area contributed by atoms with Crippen LogP contribution in [0.4, 0.5) is 4.39 Å². The van der Waals surface area contributed by atoms with Crippen molar-refractivity contribution in [3.8, 4) is 0 Å². The van der Waals surface area contributed by atoms with Crippen LogP contribution in [0.1, 0.15) is 48.9 Å². The summed E-state index contributed by atoms with van der Waals surface area (Å²) in [6.07, 6.45) is 4.97. The van der Waals surface area contributed by atoms with Crippen LogP contribution < -0.4 is 5.48 Å². The summed E-state index contributed by atoms with van der Waals surface area (Å²) in [5, 5.41) is 0. The Morgan fingerprint density at radius 2 is 2.07 bits per heavy atom. The number of nitrogens with one attached hydrogen (secondary N) is 1. The van der Waals surface area contributed by atoms with Gasteiger partial charge in [-0.05, 0) is 30.7 Å². The Hall–Kier alpha value is -2.45. The van der Waals surface area contributed by atoms with Crippen molar-refractivity contribution in [2.24, 2.45) is 4.99 Å². The zero-order chi connectivity index (χ0) is 21.1. The lowest BCUT2D eigenvalue weighted by molar-refractivity contribution is -0.0875. The molecule has 1 saturated heterocycles. The van der Waals surface area contributed by atoms with E-state index in [9.17, 15) is 4.39 Å². The number of aliphatic imine (C=N–C) groups is 1. The van der Waals surface area contributed by atoms with Gasteiger partial charge in [-0.15, -0.1) is 0 Å². The van der Waals surface area contributed by atoms with Gasteiger partial charge in [-0.25, -0.2) is 24.7 Å². The van der Waals surface area contributed by atoms with Crippen LogP contribution in [-0.4, -0.2) is 46.6 Å². The highest BCUT2D eigenvalue weighted by molar-refractivity contribution is 5.80. The highest BCUT2D eigenvalue weighted by atomic mass is 19.1. The van der Waals surface area contributed by atoms with Crippen molar-refractivity contribution in [3.63, 3.8) is 0 Å². The molecular formula is C22H30FN5O2. The molecule has 1 aromatic heterocycles. The molecule has 1 fully saturated rings. The van der Waals surface area contributed by atoms with E-state index in [1.165, 1.54) is 0 Å². The molecular weight excluding hydrogens is 385 g/mol. The lowest BCUT2D eigenvalue weighted by Gasteiger charge is -2.33. The number of aromatic nitrogens is 1. The number of piperidine rings is 1. The van der Waals surface area contributed by atoms with Gasteiger partial charge in [-0.3, -0.25) is 0 Å². The van der Waals surface area contributed by atoms with Crippen LogP contribution in [0.2, 0.25) is 0 Å². The van der Waals surface area contributed by atoms with E-state index in [4.69, 9.17) is 14.2 Å². The molecule has 2 aliphatic rings. The number of aryl methyl sites for hydroxylation is 2. The van der Waals surface area contributed by atoms with Gasteiger partial charge in [0.2, 0.25) is 5.96 Å². The van der Waals surface area contributed by atoms with Crippen LogP contribution in [0, 0.1) is 12.7 Å². The lowest BCUT2D eigenvalue weighted by Crippen LogP contribution is -2.43. The van der Waals surface area contributed by atoms with Gasteiger partial charge >= 0.3 is 0 Å². The molecule has 4 rings (SSSR count). The number of nitrogens with zero attached hydrogens (tertiary/aromatic N) is 4. The molecule has 0 amide bonds. The maximum atomic E-state index is 14.5. The van der Waals surface area contributed by atoms with Crippen molar-refractivity contribution in [2.45, 2.75) is 58.3 Å². The predicted octanol–water partition coefficient (Wildman–Crippen LogP) is 3.39. The van der Waals surface area contributed by atoms with Crippen molar-refractivity contribution in [1.29, 1.82) is 0 Å². The average molecular weight is 416 g/mol. The zero-order valence-electron chi connectivity index (χ0n) is 17.9. The number of hydroxylamine groups is 1. The minimum Gasteiger partial charge on any atom is -0.449 e. The molecule has 2 aromatic rings. The van der Waals surface area contributed by atoms with Crippen molar-refractivity contribution in [1.82, 2.24) is 20.3 Å². The van der Waals surface area contributed by atoms with Gasteiger partial charge < -0.3 is 14.2 Å². The summed E-state index contributed by atoms with van der Waals surface area (Å²) in [7, 11) is 2.11. The van der Waals surface area contributed by atoms with E-state index >= 15 is 0 Å². The first-order chi connectivity index (χ1) is 14.5. The smallest absolute Gasteiger partial charge is 0.222 e. The molecule has 0 aliphatic carbocycles. The molecule has 0 bridgehead atoms. The molecule has 0 atom stereocenters. The van der Waals surface area contributed by atoms with Crippen molar-refractivity contribution >= 4 is 5.96 Å². The number of hydrogen-bond donors (Lipinski definition) is 1. The van der Waals surface area contributed by atoms with Gasteiger partial charge in [-0.2, -0.15) is 0 Å². The molecule has 1 N–H and O–H groups in total. The number of benzene rings is 1. The van der Waals surface area contributed by atoms with Crippen LogP contribution in [0.3, 0.4) is 0 Å². The van der Waals surface area contributed by atoms with Gasteiger partial charge in [0, 0.05) is 39.4 Å². The second-order valence-electron chi connectivity index (χ2n) is 8.28. The fourth-order valence-electron chi connectivity index (χ4n) is 3.96. The first kappa shape index (κ1) is 20.8. The van der Waals surface area contributed by atoms with Gasteiger partial charge in [0.05, 0.1) is 12.2 Å². The molecule has 162 valence electrons. The molecule has 0 saturated carbocycles. The van der Waals surface area contributed by atoms with Gasteiger partial charge in [0.1, 0.15) is 12.1 Å². The summed E-state index contributed by atoms with van der Waals surface area (Å²) in [5.74, 6) is 1.11. The molecule has 0 radical (unpaired) electrons. The van der Waals surface area contributed by atoms with E-state index in [0.717, 1.165) is 55.6 Å². The Labute approximate surface area is 176 Å². The van der Waals surface area contributed by atoms with Crippen LogP contribution in [-0.2, 0) is 24.3 Å². The minimum absolute atomic E-state index is 0.157. The van der Waals surface area contributed by atoms with Crippen LogP contribution in [0.5, 0.6) is 0 Å². The number of halogens is 1. The second kappa shape index (κ2) is 8.73. The largest absolute Gasteiger partial charge is 0.449 e. The predicted molar refractivity (Wildman–Crippen MR) is 112 cm³/mol. The summed E-state index contributed by atoms with van der Waals surface area (Å²) in [5.41, 5.74) is 4.93. The standard InChI is InChI=1S/C22H30FN5O2/c1-4-5-18-7-6-17(12-20(18)23)13-28(14-19-15-29-16(2)24-19)21-25-22(30-26-21)8-10-27(3)11-9-22/h6-7,12,15H,4-5,8-11,13-14H2,1-3H3,(H,25,26). The third-order valence-corrected chi connectivity index (χ3v) is 5.74. The summed E-state index contributed by atoms with van der Waals surface area (Å²) < 4.78 is 19.9. The molecule has 1 aromatic carbocycles. The third kappa shape index (κ3) is 4.65. The second-order valence-corrected chi connectivity index (χ2v) is 8.28. The van der Waals surface area contributed by atoms with Crippen molar-refractivity contribution in [3.05, 3.63) is 53.0 Å². The summed E-state index contributed by atoms with van der Waals surface area (Å²) >= 11 is 0. The number of hydrogen-bond acceptors (Lipinski definition) is 7. The minimum atomic E-state index is -0.532. The highest BCUT2D eigenvalue weighted by Crippen LogP contribution is 2.30. The van der Waals surface area contributed by atoms with Crippen LogP contribution >= 0.6 is 0 Å². The fraction of sp³-hybridized carbons (Fsp3) is 0.545. The van der Waals surface area contributed by atoms with E-state index in [1.54, 1.807) is 12.3 Å². The Balaban J connectivity index is 1.56. The Morgan fingerprint density at radius 1 is 1.27 bits per heavy atom. The quantitative estimate of drug-likeness (QED) is 0.780. The maximum Gasteiger partial charge on any atom is 0.222 e. The van der Waals surface area contributed by atoms with Gasteiger partial charge in [0.25, 0.3) is 0 Å². The van der Waals surface area contributed by atoms with Crippen molar-refractivity contribution in [2.75, 3.05) is 20.1 Å². The molecule has 30 heavy (non-hydrogen) atoms. The molecule has 3 heterocycles. The van der Waals surface area contributed by atoms with Crippen LogP contribution in [0.25, 0.3) is 0 Å². The summed E-state index contributed by atoms with van der Waals surface area (Å²) in [6.45, 7) is 6.72. The number of oxazole rings is 1. The van der Waals surface area contributed by atoms with E-state index in [0.29, 0.717) is 24.9 Å². The van der Waals surface area contributed by atoms with Crippen molar-refractivity contribution < 1.29 is 13.6 Å². The van der Waals surface area contributed by atoms with Gasteiger partial charge in [-0.1, -0.05) is 25.5 Å². The van der Waals surface area contributed by atoms with E-state index in [2.05, 4.69) is 29.3 Å². The fourth-order valence-corrected chi connectivity index (χ4v) is 3.96. The first-order valence-electron chi connectivity index (χ1n) is 10.6. The summed E-state index contributed by atoms with van der Waals surface area (Å²) in [6, 6.07) is 5.48. The lowest BCUT2D eigenvalue weighted by atomic mass is 10.0. The number of likely N-dealkylation sites (tertiary alicyclic amines) is 1. The highest BCUT2D eigenvalue weighted by Gasteiger charge is 2.40. The van der Waals surface area contributed by atoms with E-state index < -0.39 is 5.72 Å². The number of guanidine groups is 1. The number of rotatable bonds is 6. The Morgan fingerprint density at radius 3 is 2.73 bits per heavy atom. The van der Waals surface area contributed by atoms with Crippen LogP contribution in [0.15, 0.2) is 33.9 Å². The Bertz CT molecular complexity index is 905. The molecule has 2 aliphatic heterocycles. The zero-order valence-corrected chi connectivity index (χ0v) is 17.9.